The molecule has 0 saturated heterocycles. The summed E-state index contributed by atoms with van der Waals surface area (Å²) in [7, 11) is 0. The summed E-state index contributed by atoms with van der Waals surface area (Å²) in [5, 5.41) is 12.6. The van der Waals surface area contributed by atoms with Gasteiger partial charge in [0.1, 0.15) is 18.0 Å². The number of anilines is 1. The van der Waals surface area contributed by atoms with E-state index in [1.165, 1.54) is 0 Å². The van der Waals surface area contributed by atoms with E-state index in [1.807, 2.05) is 81.4 Å². The highest BCUT2D eigenvalue weighted by atomic mass is 16.6. The van der Waals surface area contributed by atoms with Crippen LogP contribution in [0.1, 0.15) is 44.4 Å². The van der Waals surface area contributed by atoms with Crippen molar-refractivity contribution in [2.45, 2.75) is 45.5 Å². The third kappa shape index (κ3) is 4.12. The van der Waals surface area contributed by atoms with Crippen LogP contribution < -0.4 is 9.64 Å². The monoisotopic (exact) mass is 405 g/mol. The Morgan fingerprint density at radius 3 is 2.43 bits per heavy atom. The van der Waals surface area contributed by atoms with E-state index in [0.717, 1.165) is 21.9 Å². The number of fused-ring (bicyclic) bond motifs is 3. The third-order valence-corrected chi connectivity index (χ3v) is 5.13. The molecule has 3 aromatic rings. The van der Waals surface area contributed by atoms with Gasteiger partial charge in [-0.2, -0.15) is 0 Å². The van der Waals surface area contributed by atoms with Crippen LogP contribution >= 0.6 is 0 Å². The number of rotatable bonds is 3. The zero-order chi connectivity index (χ0) is 21.3. The summed E-state index contributed by atoms with van der Waals surface area (Å²) < 4.78 is 11.8. The van der Waals surface area contributed by atoms with E-state index in [-0.39, 0.29) is 0 Å². The molecule has 1 unspecified atom stereocenters. The van der Waals surface area contributed by atoms with Gasteiger partial charge in [-0.3, -0.25) is 4.90 Å². The maximum absolute atomic E-state index is 12.9. The van der Waals surface area contributed by atoms with E-state index in [9.17, 15) is 9.90 Å². The van der Waals surface area contributed by atoms with Crippen molar-refractivity contribution in [3.63, 3.8) is 0 Å². The maximum atomic E-state index is 12.9. The van der Waals surface area contributed by atoms with Crippen LogP contribution in [0.5, 0.6) is 5.75 Å². The molecule has 1 heterocycles. The molecule has 1 N–H and O–H groups in total. The Hall–Kier alpha value is -3.05. The van der Waals surface area contributed by atoms with Crippen molar-refractivity contribution < 1.29 is 19.4 Å². The Morgan fingerprint density at radius 1 is 1.07 bits per heavy atom. The van der Waals surface area contributed by atoms with E-state index in [2.05, 4.69) is 0 Å². The van der Waals surface area contributed by atoms with Crippen LogP contribution in [-0.2, 0) is 11.3 Å². The van der Waals surface area contributed by atoms with Crippen molar-refractivity contribution in [2.24, 2.45) is 0 Å². The second-order valence-corrected chi connectivity index (χ2v) is 8.56. The summed E-state index contributed by atoms with van der Waals surface area (Å²) in [5.74, 6) is 0.677. The predicted molar refractivity (Wildman–Crippen MR) is 118 cm³/mol. The standard InChI is InChI=1S/C25H27NO4/c1-25(2,3)30-24(28)26-14-13-21(27)23-19-12-8-7-11-18(19)22(15-20(23)26)29-16-17-9-5-4-6-10-17/h4-12,15,21,27H,13-14,16H2,1-3H3. The number of carbonyl (C=O) groups excluding carboxylic acids is 1. The number of amides is 1. The Bertz CT molecular complexity index is 1060. The fourth-order valence-electron chi connectivity index (χ4n) is 3.80. The fourth-order valence-corrected chi connectivity index (χ4v) is 3.80. The zero-order valence-corrected chi connectivity index (χ0v) is 17.6. The second kappa shape index (κ2) is 8.00. The predicted octanol–water partition coefficient (Wildman–Crippen LogP) is 5.60. The smallest absolute Gasteiger partial charge is 0.414 e. The molecule has 1 aliphatic rings. The third-order valence-electron chi connectivity index (χ3n) is 5.13. The number of ether oxygens (including phenoxy) is 2. The molecule has 0 spiro atoms. The van der Waals surface area contributed by atoms with Gasteiger partial charge in [0.15, 0.2) is 0 Å². The first-order valence-electron chi connectivity index (χ1n) is 10.2. The van der Waals surface area contributed by atoms with E-state index >= 15 is 0 Å². The molecule has 0 aliphatic carbocycles. The molecule has 0 fully saturated rings. The second-order valence-electron chi connectivity index (χ2n) is 8.56. The van der Waals surface area contributed by atoms with Gasteiger partial charge < -0.3 is 14.6 Å². The van der Waals surface area contributed by atoms with E-state index < -0.39 is 17.8 Å². The van der Waals surface area contributed by atoms with Gasteiger partial charge in [-0.05, 0) is 38.1 Å². The Kier molecular flexibility index (Phi) is 5.39. The Morgan fingerprint density at radius 2 is 1.73 bits per heavy atom. The summed E-state index contributed by atoms with van der Waals surface area (Å²) in [4.78, 5) is 14.5. The van der Waals surface area contributed by atoms with Gasteiger partial charge in [-0.25, -0.2) is 4.79 Å². The number of aliphatic hydroxyl groups excluding tert-OH is 1. The van der Waals surface area contributed by atoms with Crippen LogP contribution in [0.15, 0.2) is 60.7 Å². The molecule has 30 heavy (non-hydrogen) atoms. The number of hydrogen-bond donors (Lipinski definition) is 1. The normalized spacial score (nSPS) is 16.3. The molecule has 3 aromatic carbocycles. The summed E-state index contributed by atoms with van der Waals surface area (Å²) in [6.07, 6.45) is -0.604. The summed E-state index contributed by atoms with van der Waals surface area (Å²) in [6.45, 7) is 6.34. The van der Waals surface area contributed by atoms with Crippen molar-refractivity contribution >= 4 is 22.6 Å². The van der Waals surface area contributed by atoms with Crippen LogP contribution in [0.25, 0.3) is 10.8 Å². The fraction of sp³-hybridized carbons (Fsp3) is 0.320. The summed E-state index contributed by atoms with van der Waals surface area (Å²) in [5.41, 5.74) is 1.85. The van der Waals surface area contributed by atoms with Crippen molar-refractivity contribution in [1.29, 1.82) is 0 Å². The minimum absolute atomic E-state index is 0.388. The molecular weight excluding hydrogens is 378 g/mol. The molecule has 1 aliphatic heterocycles. The quantitative estimate of drug-likeness (QED) is 0.616. The molecule has 4 rings (SSSR count). The molecule has 0 aromatic heterocycles. The summed E-state index contributed by atoms with van der Waals surface area (Å²) >= 11 is 0. The van der Waals surface area contributed by atoms with Crippen LogP contribution in [0, 0.1) is 0 Å². The van der Waals surface area contributed by atoms with E-state index in [1.54, 1.807) is 4.90 Å². The number of aliphatic hydroxyl groups is 1. The van der Waals surface area contributed by atoms with Crippen LogP contribution in [0.3, 0.4) is 0 Å². The molecule has 156 valence electrons. The van der Waals surface area contributed by atoms with Gasteiger partial charge in [0.2, 0.25) is 0 Å². The average molecular weight is 405 g/mol. The molecular formula is C25H27NO4. The van der Waals surface area contributed by atoms with Gasteiger partial charge in [0.05, 0.1) is 11.8 Å². The number of nitrogens with zero attached hydrogens (tertiary/aromatic N) is 1. The highest BCUT2D eigenvalue weighted by Crippen LogP contribution is 2.43. The van der Waals surface area contributed by atoms with Gasteiger partial charge >= 0.3 is 6.09 Å². The minimum Gasteiger partial charge on any atom is -0.488 e. The topological polar surface area (TPSA) is 59.0 Å². The highest BCUT2D eigenvalue weighted by Gasteiger charge is 2.33. The molecule has 0 radical (unpaired) electrons. The van der Waals surface area contributed by atoms with Crippen LogP contribution in [-0.4, -0.2) is 23.3 Å². The van der Waals surface area contributed by atoms with Crippen molar-refractivity contribution in [1.82, 2.24) is 0 Å². The Balaban J connectivity index is 1.78. The summed E-state index contributed by atoms with van der Waals surface area (Å²) in [6, 6.07) is 19.6. The largest absolute Gasteiger partial charge is 0.488 e. The molecule has 0 bridgehead atoms. The Labute approximate surface area is 176 Å². The lowest BCUT2D eigenvalue weighted by Crippen LogP contribution is -2.40. The lowest BCUT2D eigenvalue weighted by Gasteiger charge is -2.34. The van der Waals surface area contributed by atoms with Crippen LogP contribution in [0.2, 0.25) is 0 Å². The van der Waals surface area contributed by atoms with Gasteiger partial charge in [0.25, 0.3) is 0 Å². The first kappa shape index (κ1) is 20.2. The molecule has 5 heteroatoms. The highest BCUT2D eigenvalue weighted by molar-refractivity contribution is 6.00. The SMILES string of the molecule is CC(C)(C)OC(=O)N1CCC(O)c2c1cc(OCc1ccccc1)c1ccccc21. The average Bonchev–Trinajstić information content (AvgIpc) is 2.71. The van der Waals surface area contributed by atoms with E-state index in [4.69, 9.17) is 9.47 Å². The number of hydrogen-bond acceptors (Lipinski definition) is 4. The zero-order valence-electron chi connectivity index (χ0n) is 17.6. The first-order chi connectivity index (χ1) is 14.3. The van der Waals surface area contributed by atoms with E-state index in [0.29, 0.717) is 31.0 Å². The van der Waals surface area contributed by atoms with Crippen molar-refractivity contribution in [3.05, 3.63) is 71.8 Å². The molecule has 5 nitrogen and oxygen atoms in total. The van der Waals surface area contributed by atoms with Crippen molar-refractivity contribution in [2.75, 3.05) is 11.4 Å². The lowest BCUT2D eigenvalue weighted by molar-refractivity contribution is 0.0565. The van der Waals surface area contributed by atoms with Crippen molar-refractivity contribution in [3.8, 4) is 5.75 Å². The van der Waals surface area contributed by atoms with Gasteiger partial charge in [-0.15, -0.1) is 0 Å². The minimum atomic E-state index is -0.647. The number of benzene rings is 3. The molecule has 1 amide bonds. The number of carbonyl (C=O) groups is 1. The first-order valence-corrected chi connectivity index (χ1v) is 10.2. The molecule has 0 saturated carbocycles. The molecule has 1 atom stereocenters. The van der Waals surface area contributed by atoms with Gasteiger partial charge in [-0.1, -0.05) is 54.6 Å². The van der Waals surface area contributed by atoms with Gasteiger partial charge in [0, 0.05) is 23.6 Å². The van der Waals surface area contributed by atoms with Crippen LogP contribution in [0.4, 0.5) is 10.5 Å². The maximum Gasteiger partial charge on any atom is 0.414 e. The lowest BCUT2D eigenvalue weighted by atomic mass is 9.92.